The summed E-state index contributed by atoms with van der Waals surface area (Å²) in [5.74, 6) is -4.05. The minimum Gasteiger partial charge on any atom is -0.507 e. The minimum atomic E-state index is -1.20. The summed E-state index contributed by atoms with van der Waals surface area (Å²) in [7, 11) is 0. The maximum atomic E-state index is 16.0. The first-order chi connectivity index (χ1) is 24.4. The van der Waals surface area contributed by atoms with Crippen LogP contribution in [-0.2, 0) is 25.6 Å². The number of carbonyl (C=O) groups is 3. The number of pyridine rings is 1. The number of nitrogens with zero attached hydrogens (tertiary/aromatic N) is 5. The Morgan fingerprint density at radius 1 is 1.02 bits per heavy atom. The fourth-order valence-electron chi connectivity index (χ4n) is 6.20. The topological polar surface area (TPSA) is 176 Å². The van der Waals surface area contributed by atoms with Gasteiger partial charge in [-0.1, -0.05) is 18.2 Å². The van der Waals surface area contributed by atoms with Crippen molar-refractivity contribution in [3.63, 3.8) is 0 Å². The van der Waals surface area contributed by atoms with Gasteiger partial charge in [0.15, 0.2) is 11.5 Å². The van der Waals surface area contributed by atoms with Gasteiger partial charge in [-0.15, -0.1) is 0 Å². The van der Waals surface area contributed by atoms with Crippen molar-refractivity contribution in [3.05, 3.63) is 75.2 Å². The Balaban J connectivity index is 1.61. The fourth-order valence-corrected chi connectivity index (χ4v) is 6.20. The molecule has 16 heteroatoms. The maximum Gasteiger partial charge on any atom is 0.410 e. The summed E-state index contributed by atoms with van der Waals surface area (Å²) in [6, 6.07) is 7.68. The maximum absolute atomic E-state index is 16.0. The second-order valence-corrected chi connectivity index (χ2v) is 13.6. The normalized spacial score (nSPS) is 14.8. The highest BCUT2D eigenvalue weighted by Gasteiger charge is 2.33. The quantitative estimate of drug-likeness (QED) is 0.226. The van der Waals surface area contributed by atoms with Crippen LogP contribution in [0.1, 0.15) is 44.4 Å². The van der Waals surface area contributed by atoms with Gasteiger partial charge in [-0.25, -0.2) is 32.7 Å². The number of halogens is 2. The molecule has 4 aromatic rings. The summed E-state index contributed by atoms with van der Waals surface area (Å²) < 4.78 is 42.7. The zero-order valence-corrected chi connectivity index (χ0v) is 29.6. The summed E-state index contributed by atoms with van der Waals surface area (Å²) in [6.07, 6.45) is -0.491. The Morgan fingerprint density at radius 2 is 1.71 bits per heavy atom. The van der Waals surface area contributed by atoms with Crippen LogP contribution in [0.3, 0.4) is 0 Å². The first-order valence-electron chi connectivity index (χ1n) is 16.5. The zero-order valence-electron chi connectivity index (χ0n) is 29.6. The smallest absolute Gasteiger partial charge is 0.410 e. The molecule has 5 rings (SSSR count). The number of aromatic nitrogens is 3. The van der Waals surface area contributed by atoms with Crippen LogP contribution in [-0.4, -0.2) is 92.1 Å². The molecule has 0 unspecified atom stereocenters. The van der Waals surface area contributed by atoms with E-state index in [9.17, 15) is 24.3 Å². The zero-order chi connectivity index (χ0) is 38.1. The van der Waals surface area contributed by atoms with Gasteiger partial charge in [0.25, 0.3) is 0 Å². The van der Waals surface area contributed by atoms with Crippen molar-refractivity contribution in [1.82, 2.24) is 24.8 Å². The number of anilines is 1. The molecule has 0 bridgehead atoms. The minimum absolute atomic E-state index is 0.0568. The Hall–Kier alpha value is -5.64. The van der Waals surface area contributed by atoms with Crippen LogP contribution in [0.2, 0.25) is 0 Å². The molecule has 0 radical (unpaired) electrons. The predicted octanol–water partition coefficient (Wildman–Crippen LogP) is 4.21. The molecule has 1 atom stereocenters. The molecule has 3 N–H and O–H groups in total. The summed E-state index contributed by atoms with van der Waals surface area (Å²) in [5.41, 5.74) is -0.391. The van der Waals surface area contributed by atoms with Crippen molar-refractivity contribution in [2.75, 3.05) is 37.7 Å². The van der Waals surface area contributed by atoms with Crippen molar-refractivity contribution >= 4 is 34.8 Å². The number of phenolic OH excluding ortho intramolecular Hbond substituents is 1. The van der Waals surface area contributed by atoms with Crippen molar-refractivity contribution in [1.29, 1.82) is 0 Å². The van der Waals surface area contributed by atoms with E-state index in [1.165, 1.54) is 16.7 Å². The standard InChI is InChI=1S/C36H40F2N6O8/c1-19-12-22(15-39-27(46)17-51-18-28(47)48)13-20(2)31(19)44-33-23(14-25(38)30(40-33)29-24(37)8-7-9-26(29)45)32(41-34(44)49)43-11-10-42(16-21(43)3)35(50)52-36(4,5)6/h7-9,12-14,21,45H,10-11,15-18H2,1-6H3,(H,39,46)(H,47,48)/t21-/m0/s1. The predicted molar refractivity (Wildman–Crippen MR) is 187 cm³/mol. The van der Waals surface area contributed by atoms with Crippen LogP contribution in [0.25, 0.3) is 28.0 Å². The monoisotopic (exact) mass is 722 g/mol. The molecule has 2 amide bonds. The van der Waals surface area contributed by atoms with E-state index in [-0.39, 0.29) is 43.0 Å². The van der Waals surface area contributed by atoms with Gasteiger partial charge in [-0.2, -0.15) is 4.98 Å². The third kappa shape index (κ3) is 8.12. The lowest BCUT2D eigenvalue weighted by Crippen LogP contribution is -2.55. The lowest BCUT2D eigenvalue weighted by Gasteiger charge is -2.41. The molecule has 0 aliphatic carbocycles. The fraction of sp³-hybridized carbons (Fsp3) is 0.389. The highest BCUT2D eigenvalue weighted by molar-refractivity contribution is 5.91. The molecule has 1 aliphatic heterocycles. The number of ether oxygens (including phenoxy) is 2. The van der Waals surface area contributed by atoms with Crippen LogP contribution in [0, 0.1) is 25.5 Å². The van der Waals surface area contributed by atoms with Crippen LogP contribution < -0.4 is 15.9 Å². The number of rotatable bonds is 9. The first kappa shape index (κ1) is 37.6. The number of carboxylic acids is 1. The number of aryl methyl sites for hydroxylation is 2. The van der Waals surface area contributed by atoms with Gasteiger partial charge in [-0.05, 0) is 76.4 Å². The number of carboxylic acid groups (broad SMARTS) is 1. The average molecular weight is 723 g/mol. The SMILES string of the molecule is Cc1cc(CNC(=O)COCC(=O)O)cc(C)c1-n1c(=O)nc(N2CCN(C(=O)OC(C)(C)C)C[C@@H]2C)c2cc(F)c(-c3c(O)cccc3F)nc21. The highest BCUT2D eigenvalue weighted by atomic mass is 19.1. The van der Waals surface area contributed by atoms with Crippen molar-refractivity contribution in [3.8, 4) is 22.7 Å². The molecular formula is C36H40F2N6O8. The summed E-state index contributed by atoms with van der Waals surface area (Å²) in [6.45, 7) is 10.3. The molecule has 52 heavy (non-hydrogen) atoms. The van der Waals surface area contributed by atoms with Crippen LogP contribution in [0.15, 0.2) is 41.2 Å². The number of amides is 2. The Bertz CT molecular complexity index is 2070. The molecular weight excluding hydrogens is 682 g/mol. The molecule has 2 aromatic heterocycles. The molecule has 1 aliphatic rings. The second-order valence-electron chi connectivity index (χ2n) is 13.6. The lowest BCUT2D eigenvalue weighted by atomic mass is 10.0. The van der Waals surface area contributed by atoms with Crippen molar-refractivity contribution in [2.24, 2.45) is 0 Å². The van der Waals surface area contributed by atoms with Gasteiger partial charge < -0.3 is 34.8 Å². The molecule has 0 saturated carbocycles. The number of piperazine rings is 1. The van der Waals surface area contributed by atoms with Crippen LogP contribution in [0.5, 0.6) is 5.75 Å². The lowest BCUT2D eigenvalue weighted by molar-refractivity contribution is -0.143. The van der Waals surface area contributed by atoms with Gasteiger partial charge in [0.1, 0.15) is 41.9 Å². The van der Waals surface area contributed by atoms with E-state index in [2.05, 4.69) is 15.3 Å². The molecule has 2 aromatic carbocycles. The molecule has 1 fully saturated rings. The van der Waals surface area contributed by atoms with Gasteiger partial charge in [0, 0.05) is 32.2 Å². The number of phenols is 1. The highest BCUT2D eigenvalue weighted by Crippen LogP contribution is 2.36. The van der Waals surface area contributed by atoms with E-state index in [1.807, 2.05) is 6.92 Å². The molecule has 3 heterocycles. The number of fused-ring (bicyclic) bond motifs is 1. The van der Waals surface area contributed by atoms with E-state index < -0.39 is 77.2 Å². The molecule has 1 saturated heterocycles. The Morgan fingerprint density at radius 3 is 2.33 bits per heavy atom. The van der Waals surface area contributed by atoms with Gasteiger partial charge in [0.2, 0.25) is 5.91 Å². The molecule has 276 valence electrons. The second kappa shape index (κ2) is 14.9. The van der Waals surface area contributed by atoms with Gasteiger partial charge in [0.05, 0.1) is 16.6 Å². The van der Waals surface area contributed by atoms with E-state index in [0.717, 1.165) is 12.1 Å². The number of hydrogen-bond acceptors (Lipinski definition) is 10. The number of benzene rings is 2. The van der Waals surface area contributed by atoms with Gasteiger partial charge >= 0.3 is 17.8 Å². The van der Waals surface area contributed by atoms with E-state index in [1.54, 1.807) is 56.6 Å². The Labute approximate surface area is 297 Å². The summed E-state index contributed by atoms with van der Waals surface area (Å²) in [4.78, 5) is 62.0. The third-order valence-electron chi connectivity index (χ3n) is 8.30. The number of nitrogens with one attached hydrogen (secondary N) is 1. The number of aliphatic carboxylic acids is 1. The molecule has 0 spiro atoms. The largest absolute Gasteiger partial charge is 0.507 e. The first-order valence-corrected chi connectivity index (χ1v) is 16.5. The molecule has 14 nitrogen and oxygen atoms in total. The number of hydrogen-bond donors (Lipinski definition) is 3. The van der Waals surface area contributed by atoms with Crippen LogP contribution >= 0.6 is 0 Å². The van der Waals surface area contributed by atoms with Gasteiger partial charge in [-0.3, -0.25) is 4.79 Å². The number of carbonyl (C=O) groups excluding carboxylic acids is 2. The van der Waals surface area contributed by atoms with Crippen molar-refractivity contribution in [2.45, 2.75) is 59.7 Å². The van der Waals surface area contributed by atoms with E-state index >= 15 is 8.78 Å². The number of aromatic hydroxyl groups is 1. The summed E-state index contributed by atoms with van der Waals surface area (Å²) in [5, 5.41) is 22.0. The Kier molecular flexibility index (Phi) is 10.8. The van der Waals surface area contributed by atoms with E-state index in [0.29, 0.717) is 22.4 Å². The van der Waals surface area contributed by atoms with Crippen LogP contribution in [0.4, 0.5) is 19.4 Å². The van der Waals surface area contributed by atoms with E-state index in [4.69, 9.17) is 14.6 Å². The average Bonchev–Trinajstić information content (AvgIpc) is 3.03. The van der Waals surface area contributed by atoms with Crippen molar-refractivity contribution < 1.29 is 42.9 Å². The third-order valence-corrected chi connectivity index (χ3v) is 8.30. The summed E-state index contributed by atoms with van der Waals surface area (Å²) >= 11 is 0.